The van der Waals surface area contributed by atoms with Gasteiger partial charge in [-0.15, -0.1) is 0 Å². The maximum atomic E-state index is 12.6. The predicted octanol–water partition coefficient (Wildman–Crippen LogP) is 8.44. The highest BCUT2D eigenvalue weighted by Crippen LogP contribution is 2.38. The lowest BCUT2D eigenvalue weighted by molar-refractivity contribution is -0.870. The van der Waals surface area contributed by atoms with Crippen LogP contribution in [0.25, 0.3) is 0 Å². The number of aliphatic hydroxyl groups excluding tert-OH is 1. The Morgan fingerprint density at radius 2 is 1.11 bits per heavy atom. The second kappa shape index (κ2) is 28.7. The van der Waals surface area contributed by atoms with Crippen LogP contribution in [0.1, 0.15) is 168 Å². The van der Waals surface area contributed by atoms with Crippen LogP contribution in [-0.2, 0) is 18.4 Å². The number of quaternary nitrogens is 1. The van der Waals surface area contributed by atoms with Crippen LogP contribution >= 0.6 is 7.82 Å². The molecule has 0 saturated carbocycles. The second-order valence-electron chi connectivity index (χ2n) is 13.9. The number of hydrogen-bond donors (Lipinski definition) is 2. The molecule has 0 aliphatic carbocycles. The Morgan fingerprint density at radius 1 is 0.705 bits per heavy atom. The first-order valence-electron chi connectivity index (χ1n) is 18.4. The molecule has 9 heteroatoms. The molecule has 0 saturated heterocycles. The fraction of sp³-hybridized carbons (Fsp3) is 0.971. The van der Waals surface area contributed by atoms with Gasteiger partial charge in [0.2, 0.25) is 5.91 Å². The summed E-state index contributed by atoms with van der Waals surface area (Å²) in [5.41, 5.74) is 0. The zero-order valence-electron chi connectivity index (χ0n) is 29.6. The molecule has 0 heterocycles. The Bertz CT molecular complexity index is 703. The predicted molar refractivity (Wildman–Crippen MR) is 183 cm³/mol. The van der Waals surface area contributed by atoms with Gasteiger partial charge in [-0.25, -0.2) is 0 Å². The highest BCUT2D eigenvalue weighted by atomic mass is 31.2. The lowest BCUT2D eigenvalue weighted by atomic mass is 10.0. The van der Waals surface area contributed by atoms with Gasteiger partial charge in [0.15, 0.2) is 0 Å². The van der Waals surface area contributed by atoms with Crippen molar-refractivity contribution in [2.45, 2.75) is 180 Å². The van der Waals surface area contributed by atoms with Crippen LogP contribution in [0.15, 0.2) is 0 Å². The fourth-order valence-electron chi connectivity index (χ4n) is 5.33. The van der Waals surface area contributed by atoms with E-state index in [-0.39, 0.29) is 19.1 Å². The third kappa shape index (κ3) is 30.2. The Balaban J connectivity index is 4.01. The third-order valence-corrected chi connectivity index (χ3v) is 9.31. The van der Waals surface area contributed by atoms with Gasteiger partial charge in [0.05, 0.1) is 39.9 Å². The fourth-order valence-corrected chi connectivity index (χ4v) is 6.05. The summed E-state index contributed by atoms with van der Waals surface area (Å²) in [7, 11) is 1.30. The molecular formula is C35H73N2O6P. The molecule has 0 spiro atoms. The molecule has 8 nitrogen and oxygen atoms in total. The van der Waals surface area contributed by atoms with Gasteiger partial charge in [-0.2, -0.15) is 0 Å². The molecule has 3 atom stereocenters. The summed E-state index contributed by atoms with van der Waals surface area (Å²) in [6.07, 6.45) is 27.6. The van der Waals surface area contributed by atoms with Gasteiger partial charge in [0.1, 0.15) is 13.2 Å². The van der Waals surface area contributed by atoms with Crippen LogP contribution in [0, 0.1) is 0 Å². The van der Waals surface area contributed by atoms with E-state index in [0.29, 0.717) is 23.9 Å². The van der Waals surface area contributed by atoms with Gasteiger partial charge < -0.3 is 28.8 Å². The number of amides is 1. The van der Waals surface area contributed by atoms with Gasteiger partial charge >= 0.3 is 0 Å². The number of nitrogens with zero attached hydrogens (tertiary/aromatic N) is 1. The van der Waals surface area contributed by atoms with Crippen molar-refractivity contribution in [1.29, 1.82) is 0 Å². The molecule has 0 aromatic carbocycles. The molecule has 0 radical (unpaired) electrons. The number of carbonyl (C=O) groups excluding carboxylic acids is 1. The number of hydrogen-bond acceptors (Lipinski definition) is 6. The van der Waals surface area contributed by atoms with Gasteiger partial charge in [0.25, 0.3) is 7.82 Å². The normalized spacial score (nSPS) is 14.8. The van der Waals surface area contributed by atoms with E-state index in [1.54, 1.807) is 0 Å². The Labute approximate surface area is 272 Å². The standard InChI is InChI=1S/C35H73N2O6P/c1-6-8-10-11-12-13-14-15-16-17-18-19-20-21-22-23-24-25-27-29-35(39)36-33(34(38)28-26-9-7-2)32-43-44(40,41)42-31-30-37(3,4)5/h33-34,38H,6-32H2,1-5H3,(H-,36,39,40,41). The van der Waals surface area contributed by atoms with Crippen molar-refractivity contribution in [2.24, 2.45) is 0 Å². The van der Waals surface area contributed by atoms with E-state index >= 15 is 0 Å². The Hall–Kier alpha value is -0.500. The quantitative estimate of drug-likeness (QED) is 0.0420. The number of carbonyl (C=O) groups is 1. The van der Waals surface area contributed by atoms with Crippen molar-refractivity contribution in [3.63, 3.8) is 0 Å². The Morgan fingerprint density at radius 3 is 1.55 bits per heavy atom. The molecule has 0 aromatic rings. The van der Waals surface area contributed by atoms with Crippen molar-refractivity contribution in [1.82, 2.24) is 5.32 Å². The number of aliphatic hydroxyl groups is 1. The summed E-state index contributed by atoms with van der Waals surface area (Å²) in [5.74, 6) is -0.174. The van der Waals surface area contributed by atoms with Crippen LogP contribution in [0.4, 0.5) is 0 Å². The lowest BCUT2D eigenvalue weighted by Gasteiger charge is -2.30. The van der Waals surface area contributed by atoms with Gasteiger partial charge in [-0.1, -0.05) is 149 Å². The molecular weight excluding hydrogens is 575 g/mol. The average molecular weight is 649 g/mol. The molecule has 0 aliphatic heterocycles. The topological polar surface area (TPSA) is 108 Å². The lowest BCUT2D eigenvalue weighted by Crippen LogP contribution is -2.46. The molecule has 3 unspecified atom stereocenters. The van der Waals surface area contributed by atoms with E-state index < -0.39 is 20.0 Å². The summed E-state index contributed by atoms with van der Waals surface area (Å²) < 4.78 is 22.9. The number of phosphoric acid groups is 1. The molecule has 1 amide bonds. The van der Waals surface area contributed by atoms with Crippen molar-refractivity contribution in [2.75, 3.05) is 40.9 Å². The van der Waals surface area contributed by atoms with E-state index in [0.717, 1.165) is 38.5 Å². The first kappa shape index (κ1) is 43.5. The first-order valence-corrected chi connectivity index (χ1v) is 19.8. The van der Waals surface area contributed by atoms with E-state index in [4.69, 9.17) is 9.05 Å². The summed E-state index contributed by atoms with van der Waals surface area (Å²) in [6.45, 7) is 4.55. The molecule has 2 N–H and O–H groups in total. The molecule has 0 rings (SSSR count). The van der Waals surface area contributed by atoms with E-state index in [1.807, 2.05) is 21.1 Å². The number of likely N-dealkylation sites (N-methyl/N-ethyl adjacent to an activating group) is 1. The number of unbranched alkanes of at least 4 members (excludes halogenated alkanes) is 20. The summed E-state index contributed by atoms with van der Waals surface area (Å²) in [6, 6.07) is -0.788. The van der Waals surface area contributed by atoms with Gasteiger partial charge in [-0.05, 0) is 12.8 Å². The maximum absolute atomic E-state index is 12.6. The zero-order valence-corrected chi connectivity index (χ0v) is 30.5. The highest BCUT2D eigenvalue weighted by molar-refractivity contribution is 7.45. The van der Waals surface area contributed by atoms with Crippen LogP contribution in [-0.4, -0.2) is 68.5 Å². The molecule has 0 fully saturated rings. The molecule has 0 aromatic heterocycles. The first-order chi connectivity index (χ1) is 21.0. The van der Waals surface area contributed by atoms with E-state index in [2.05, 4.69) is 19.2 Å². The van der Waals surface area contributed by atoms with Gasteiger partial charge in [0, 0.05) is 6.42 Å². The molecule has 0 bridgehead atoms. The van der Waals surface area contributed by atoms with Crippen LogP contribution in [0.2, 0.25) is 0 Å². The van der Waals surface area contributed by atoms with Crippen molar-refractivity contribution >= 4 is 13.7 Å². The maximum Gasteiger partial charge on any atom is 0.268 e. The second-order valence-corrected chi connectivity index (χ2v) is 15.4. The smallest absolute Gasteiger partial charge is 0.268 e. The van der Waals surface area contributed by atoms with E-state index in [9.17, 15) is 19.4 Å². The zero-order chi connectivity index (χ0) is 32.9. The van der Waals surface area contributed by atoms with Crippen LogP contribution in [0.5, 0.6) is 0 Å². The minimum Gasteiger partial charge on any atom is -0.756 e. The van der Waals surface area contributed by atoms with Crippen molar-refractivity contribution < 1.29 is 32.9 Å². The number of nitrogens with one attached hydrogen (secondary N) is 1. The van der Waals surface area contributed by atoms with Crippen molar-refractivity contribution in [3.8, 4) is 0 Å². The molecule has 0 aliphatic rings. The molecule has 264 valence electrons. The number of phosphoric ester groups is 1. The Kier molecular flexibility index (Phi) is 28.4. The largest absolute Gasteiger partial charge is 0.756 e. The minimum absolute atomic E-state index is 0.0136. The van der Waals surface area contributed by atoms with E-state index in [1.165, 1.54) is 103 Å². The van der Waals surface area contributed by atoms with Crippen LogP contribution in [0.3, 0.4) is 0 Å². The average Bonchev–Trinajstić information content (AvgIpc) is 2.95. The summed E-state index contributed by atoms with van der Waals surface area (Å²) in [5, 5.41) is 13.5. The molecule has 44 heavy (non-hydrogen) atoms. The SMILES string of the molecule is CCCCCCCCCCCCCCCCCCCCCC(=O)NC(COP(=O)([O-])OCC[N+](C)(C)C)C(O)CCCCC. The van der Waals surface area contributed by atoms with Gasteiger partial charge in [-0.3, -0.25) is 9.36 Å². The third-order valence-electron chi connectivity index (χ3n) is 8.35. The van der Waals surface area contributed by atoms with Crippen LogP contribution < -0.4 is 10.2 Å². The summed E-state index contributed by atoms with van der Waals surface area (Å²) >= 11 is 0. The monoisotopic (exact) mass is 649 g/mol. The van der Waals surface area contributed by atoms with Crippen molar-refractivity contribution in [3.05, 3.63) is 0 Å². The summed E-state index contributed by atoms with van der Waals surface area (Å²) in [4.78, 5) is 24.9. The minimum atomic E-state index is -4.53. The highest BCUT2D eigenvalue weighted by Gasteiger charge is 2.24. The number of rotatable bonds is 33.